The Morgan fingerprint density at radius 2 is 1.95 bits per heavy atom. The molecule has 2 aromatic rings. The van der Waals surface area contributed by atoms with Gasteiger partial charge in [-0.25, -0.2) is 0 Å². The van der Waals surface area contributed by atoms with Gasteiger partial charge < -0.3 is 15.8 Å². The minimum Gasteiger partial charge on any atom is -0.480 e. The van der Waals surface area contributed by atoms with Gasteiger partial charge in [0.1, 0.15) is 6.04 Å². The largest absolute Gasteiger partial charge is 0.480 e. The molecule has 0 saturated carbocycles. The first kappa shape index (κ1) is 18.9. The lowest BCUT2D eigenvalue weighted by Gasteiger charge is -2.19. The van der Waals surface area contributed by atoms with Crippen molar-refractivity contribution in [3.63, 3.8) is 0 Å². The molecule has 0 fully saturated rings. The van der Waals surface area contributed by atoms with Gasteiger partial charge in [-0.05, 0) is 25.7 Å². The number of nitrogens with zero attached hydrogens (tertiary/aromatic N) is 2. The van der Waals surface area contributed by atoms with E-state index >= 15 is 0 Å². The zero-order chi connectivity index (χ0) is 13.3. The predicted octanol–water partition coefficient (Wildman–Crippen LogP) is 2.52. The van der Waals surface area contributed by atoms with Crippen molar-refractivity contribution in [1.29, 1.82) is 0 Å². The van der Waals surface area contributed by atoms with Crippen molar-refractivity contribution in [3.05, 3.63) is 36.0 Å². The molecule has 0 saturated heterocycles. The molecule has 5 nitrogen and oxygen atoms in total. The number of aliphatic carboxylic acids is 1. The molecule has 1 unspecified atom stereocenters. The molecule has 1 atom stereocenters. The second-order valence-electron chi connectivity index (χ2n) is 4.80. The van der Waals surface area contributed by atoms with Gasteiger partial charge in [0.25, 0.3) is 0 Å². The highest BCUT2D eigenvalue weighted by atomic mass is 127. The Kier molecular flexibility index (Phi) is 7.18. The summed E-state index contributed by atoms with van der Waals surface area (Å²) >= 11 is 0. The minimum absolute atomic E-state index is 0. The number of hydrogen-bond acceptors (Lipinski definition) is 3. The molecule has 0 spiro atoms. The fourth-order valence-electron chi connectivity index (χ4n) is 2.29. The summed E-state index contributed by atoms with van der Waals surface area (Å²) in [5.41, 5.74) is 2.21. The van der Waals surface area contributed by atoms with Gasteiger partial charge in [-0.3, -0.25) is 9.69 Å². The van der Waals surface area contributed by atoms with Crippen molar-refractivity contribution < 1.29 is 9.90 Å². The van der Waals surface area contributed by atoms with Crippen LogP contribution in [0, 0.1) is 0 Å². The molecule has 0 aliphatic rings. The zero-order valence-corrected chi connectivity index (χ0v) is 14.4. The quantitative estimate of drug-likeness (QED) is 0.785. The summed E-state index contributed by atoms with van der Waals surface area (Å²) in [6.07, 6.45) is 2.54. The number of aromatic nitrogens is 1. The van der Waals surface area contributed by atoms with Gasteiger partial charge in [-0.15, -0.1) is 24.0 Å². The molecule has 0 bridgehead atoms. The fourth-order valence-corrected chi connectivity index (χ4v) is 2.29. The molecule has 6 heteroatoms. The summed E-state index contributed by atoms with van der Waals surface area (Å²) in [5.74, 6) is -0.784. The number of fused-ring (bicyclic) bond motifs is 1. The average molecular weight is 391 g/mol. The van der Waals surface area contributed by atoms with Crippen molar-refractivity contribution in [1.82, 2.24) is 15.6 Å². The Bertz CT molecular complexity index is 581. The van der Waals surface area contributed by atoms with Crippen LogP contribution in [0.3, 0.4) is 0 Å². The summed E-state index contributed by atoms with van der Waals surface area (Å²) in [7, 11) is 5.57. The van der Waals surface area contributed by atoms with Crippen LogP contribution in [0.2, 0.25) is 0 Å². The first-order valence-electron chi connectivity index (χ1n) is 5.93. The van der Waals surface area contributed by atoms with Crippen LogP contribution < -0.4 is 6.15 Å². The van der Waals surface area contributed by atoms with E-state index in [1.54, 1.807) is 19.0 Å². The highest BCUT2D eigenvalue weighted by Crippen LogP contribution is 2.22. The molecule has 20 heavy (non-hydrogen) atoms. The van der Waals surface area contributed by atoms with Gasteiger partial charge in [-0.1, -0.05) is 18.2 Å². The number of carboxylic acids is 1. The van der Waals surface area contributed by atoms with E-state index in [-0.39, 0.29) is 30.1 Å². The molecule has 112 valence electrons. The van der Waals surface area contributed by atoms with Crippen LogP contribution in [0.25, 0.3) is 10.9 Å². The second kappa shape index (κ2) is 7.61. The standard InChI is InChI=1S/C14H18N2O2.HI.H3N/c1-15(2)13(14(17)18)8-10-9-16(3)12-7-5-4-6-11(10)12;;/h4-7,9,13H,8H2,1-3H3,(H,17,18);1H;1H3. The molecule has 1 aromatic heterocycles. The molecular formula is C14H22IN3O2. The van der Waals surface area contributed by atoms with E-state index < -0.39 is 12.0 Å². The van der Waals surface area contributed by atoms with E-state index in [0.717, 1.165) is 16.5 Å². The van der Waals surface area contributed by atoms with E-state index in [4.69, 9.17) is 0 Å². The van der Waals surface area contributed by atoms with Gasteiger partial charge in [0.05, 0.1) is 0 Å². The summed E-state index contributed by atoms with van der Waals surface area (Å²) in [4.78, 5) is 13.0. The van der Waals surface area contributed by atoms with Crippen LogP contribution in [0.15, 0.2) is 30.5 Å². The van der Waals surface area contributed by atoms with Crippen molar-refractivity contribution in [2.45, 2.75) is 12.5 Å². The SMILES string of the molecule is CN(C)C(Cc1cn(C)c2ccccc12)C(=O)O.I.N. The molecule has 0 amide bonds. The van der Waals surface area contributed by atoms with Gasteiger partial charge >= 0.3 is 5.97 Å². The number of carboxylic acid groups (broad SMARTS) is 1. The van der Waals surface area contributed by atoms with Gasteiger partial charge in [0.2, 0.25) is 0 Å². The lowest BCUT2D eigenvalue weighted by Crippen LogP contribution is -2.37. The molecular weight excluding hydrogens is 369 g/mol. The van der Waals surface area contributed by atoms with E-state index in [1.807, 2.05) is 42.1 Å². The number of aryl methyl sites for hydroxylation is 1. The van der Waals surface area contributed by atoms with Crippen molar-refractivity contribution in [3.8, 4) is 0 Å². The van der Waals surface area contributed by atoms with Crippen molar-refractivity contribution in [2.75, 3.05) is 14.1 Å². The van der Waals surface area contributed by atoms with Crippen LogP contribution in [0.1, 0.15) is 5.56 Å². The molecule has 4 N–H and O–H groups in total. The van der Waals surface area contributed by atoms with Gasteiger partial charge in [0, 0.05) is 30.6 Å². The Labute approximate surface area is 136 Å². The second-order valence-corrected chi connectivity index (χ2v) is 4.80. The molecule has 1 heterocycles. The summed E-state index contributed by atoms with van der Waals surface area (Å²) in [6.45, 7) is 0. The highest BCUT2D eigenvalue weighted by Gasteiger charge is 2.21. The first-order valence-corrected chi connectivity index (χ1v) is 5.93. The van der Waals surface area contributed by atoms with E-state index in [1.165, 1.54) is 0 Å². The molecule has 0 radical (unpaired) electrons. The predicted molar refractivity (Wildman–Crippen MR) is 92.2 cm³/mol. The summed E-state index contributed by atoms with van der Waals surface area (Å²) in [6, 6.07) is 7.57. The molecule has 0 aliphatic carbocycles. The number of likely N-dealkylation sites (N-methyl/N-ethyl adjacent to an activating group) is 1. The summed E-state index contributed by atoms with van der Waals surface area (Å²) in [5, 5.41) is 10.4. The van der Waals surface area contributed by atoms with Crippen LogP contribution >= 0.6 is 24.0 Å². The Morgan fingerprint density at radius 1 is 1.35 bits per heavy atom. The van der Waals surface area contributed by atoms with Crippen LogP contribution in [-0.4, -0.2) is 40.7 Å². The minimum atomic E-state index is -0.784. The third kappa shape index (κ3) is 3.71. The molecule has 2 rings (SSSR count). The smallest absolute Gasteiger partial charge is 0.321 e. The maximum atomic E-state index is 11.2. The third-order valence-electron chi connectivity index (χ3n) is 3.30. The highest BCUT2D eigenvalue weighted by molar-refractivity contribution is 14.0. The van der Waals surface area contributed by atoms with Gasteiger partial charge in [0.15, 0.2) is 0 Å². The fraction of sp³-hybridized carbons (Fsp3) is 0.357. The molecule has 1 aromatic carbocycles. The Morgan fingerprint density at radius 3 is 2.50 bits per heavy atom. The third-order valence-corrected chi connectivity index (χ3v) is 3.30. The number of benzene rings is 1. The zero-order valence-electron chi connectivity index (χ0n) is 12.0. The van der Waals surface area contributed by atoms with E-state index in [2.05, 4.69) is 0 Å². The van der Waals surface area contributed by atoms with Crippen LogP contribution in [0.5, 0.6) is 0 Å². The van der Waals surface area contributed by atoms with Gasteiger partial charge in [-0.2, -0.15) is 0 Å². The lowest BCUT2D eigenvalue weighted by molar-refractivity contribution is -0.142. The monoisotopic (exact) mass is 391 g/mol. The topological polar surface area (TPSA) is 80.5 Å². The van der Waals surface area contributed by atoms with Crippen molar-refractivity contribution >= 4 is 40.8 Å². The Hall–Kier alpha value is -1.12. The number of halogens is 1. The number of hydrogen-bond donors (Lipinski definition) is 2. The summed E-state index contributed by atoms with van der Waals surface area (Å²) < 4.78 is 2.04. The number of rotatable bonds is 4. The van der Waals surface area contributed by atoms with Crippen LogP contribution in [-0.2, 0) is 18.3 Å². The number of para-hydroxylation sites is 1. The maximum Gasteiger partial charge on any atom is 0.321 e. The van der Waals surface area contributed by atoms with Crippen molar-refractivity contribution in [2.24, 2.45) is 7.05 Å². The van der Waals surface area contributed by atoms with E-state index in [9.17, 15) is 9.90 Å². The Balaban J connectivity index is 0.00000180. The normalized spacial score (nSPS) is 11.8. The number of carbonyl (C=O) groups is 1. The average Bonchev–Trinajstić information content (AvgIpc) is 2.63. The lowest BCUT2D eigenvalue weighted by atomic mass is 10.0. The maximum absolute atomic E-state index is 11.2. The van der Waals surface area contributed by atoms with Crippen LogP contribution in [0.4, 0.5) is 0 Å². The van der Waals surface area contributed by atoms with E-state index in [0.29, 0.717) is 6.42 Å². The first-order chi connectivity index (χ1) is 8.50. The molecule has 0 aliphatic heterocycles.